The highest BCUT2D eigenvalue weighted by Crippen LogP contribution is 2.49. The molecule has 0 aromatic rings. The zero-order chi connectivity index (χ0) is 13.3. The minimum atomic E-state index is -3.58. The van der Waals surface area contributed by atoms with Gasteiger partial charge in [0, 0.05) is 13.1 Å². The lowest BCUT2D eigenvalue weighted by Gasteiger charge is -2.20. The number of phosphoric acid groups is 1. The largest absolute Gasteiger partial charge is 0.475 e. The molecule has 0 aliphatic heterocycles. The lowest BCUT2D eigenvalue weighted by Crippen LogP contribution is -2.33. The van der Waals surface area contributed by atoms with Gasteiger partial charge in [-0.05, 0) is 27.7 Å². The highest BCUT2D eigenvalue weighted by Gasteiger charge is 2.27. The van der Waals surface area contributed by atoms with Crippen LogP contribution in [-0.4, -0.2) is 43.7 Å². The molecule has 0 aromatic carbocycles. The van der Waals surface area contributed by atoms with E-state index in [-0.39, 0.29) is 25.7 Å². The molecule has 102 valence electrons. The predicted molar refractivity (Wildman–Crippen MR) is 64.7 cm³/mol. The summed E-state index contributed by atoms with van der Waals surface area (Å²) in [5.41, 5.74) is 0. The third-order valence-corrected chi connectivity index (χ3v) is 3.63. The molecule has 0 spiro atoms. The Hall–Kier alpha value is -0.420. The number of rotatable bonds is 9. The molecule has 7 heteroatoms. The van der Waals surface area contributed by atoms with Crippen LogP contribution in [0.4, 0.5) is 0 Å². The minimum Gasteiger partial charge on any atom is -0.341 e. The van der Waals surface area contributed by atoms with E-state index in [2.05, 4.69) is 0 Å². The van der Waals surface area contributed by atoms with Gasteiger partial charge < -0.3 is 4.90 Å². The average Bonchev–Trinajstić information content (AvgIpc) is 2.29. The Morgan fingerprint density at radius 2 is 1.47 bits per heavy atom. The second-order valence-electron chi connectivity index (χ2n) is 3.12. The zero-order valence-electron chi connectivity index (χ0n) is 11.0. The number of amides is 1. The maximum Gasteiger partial charge on any atom is 0.475 e. The molecule has 0 atom stereocenters. The number of carbonyl (C=O) groups excluding carboxylic acids is 1. The topological polar surface area (TPSA) is 65.1 Å². The average molecular weight is 267 g/mol. The van der Waals surface area contributed by atoms with E-state index in [1.54, 1.807) is 18.7 Å². The number of hydrogen-bond acceptors (Lipinski definition) is 5. The number of likely N-dealkylation sites (N-methyl/N-ethyl adjacent to an activating group) is 1. The fourth-order valence-electron chi connectivity index (χ4n) is 1.23. The highest BCUT2D eigenvalue weighted by atomic mass is 31.2. The smallest absolute Gasteiger partial charge is 0.341 e. The quantitative estimate of drug-likeness (QED) is 0.598. The molecule has 6 nitrogen and oxygen atoms in total. The Balaban J connectivity index is 4.30. The number of hydrogen-bond donors (Lipinski definition) is 0. The Morgan fingerprint density at radius 3 is 1.82 bits per heavy atom. The van der Waals surface area contributed by atoms with Crippen molar-refractivity contribution in [2.24, 2.45) is 0 Å². The van der Waals surface area contributed by atoms with Gasteiger partial charge in [0.25, 0.3) is 0 Å². The van der Waals surface area contributed by atoms with Gasteiger partial charge in [-0.15, -0.1) is 0 Å². The number of phosphoric ester groups is 1. The molecule has 0 radical (unpaired) electrons. The summed E-state index contributed by atoms with van der Waals surface area (Å²) < 4.78 is 26.7. The van der Waals surface area contributed by atoms with E-state index in [0.717, 1.165) is 0 Å². The van der Waals surface area contributed by atoms with Gasteiger partial charge in [0.15, 0.2) is 0 Å². The van der Waals surface area contributed by atoms with E-state index < -0.39 is 7.82 Å². The lowest BCUT2D eigenvalue weighted by molar-refractivity contribution is -0.133. The number of carbonyl (C=O) groups is 1. The summed E-state index contributed by atoms with van der Waals surface area (Å²) in [4.78, 5) is 13.2. The van der Waals surface area contributed by atoms with E-state index in [1.807, 2.05) is 13.8 Å². The van der Waals surface area contributed by atoms with Crippen LogP contribution in [0.1, 0.15) is 27.7 Å². The van der Waals surface area contributed by atoms with Gasteiger partial charge in [-0.2, -0.15) is 0 Å². The van der Waals surface area contributed by atoms with Crippen LogP contribution >= 0.6 is 7.82 Å². The molecule has 0 aromatic heterocycles. The van der Waals surface area contributed by atoms with Crippen LogP contribution < -0.4 is 0 Å². The van der Waals surface area contributed by atoms with Crippen LogP contribution in [0.2, 0.25) is 0 Å². The van der Waals surface area contributed by atoms with Crippen molar-refractivity contribution in [1.82, 2.24) is 4.90 Å². The van der Waals surface area contributed by atoms with Crippen LogP contribution in [0.3, 0.4) is 0 Å². The summed E-state index contributed by atoms with van der Waals surface area (Å²) in [7, 11) is -3.58. The maximum atomic E-state index is 11.9. The van der Waals surface area contributed by atoms with Crippen molar-refractivity contribution >= 4 is 13.7 Å². The molecule has 0 fully saturated rings. The summed E-state index contributed by atoms with van der Waals surface area (Å²) in [5, 5.41) is 0. The van der Waals surface area contributed by atoms with Gasteiger partial charge in [0.1, 0.15) is 6.61 Å². The fraction of sp³-hybridized carbons (Fsp3) is 0.900. The highest BCUT2D eigenvalue weighted by molar-refractivity contribution is 7.48. The van der Waals surface area contributed by atoms with Crippen molar-refractivity contribution in [2.75, 3.05) is 32.9 Å². The summed E-state index contributed by atoms with van der Waals surface area (Å²) >= 11 is 0. The molecule has 1 amide bonds. The summed E-state index contributed by atoms with van der Waals surface area (Å²) in [6.07, 6.45) is 0. The second kappa shape index (κ2) is 8.64. The molecule has 0 saturated carbocycles. The first-order valence-electron chi connectivity index (χ1n) is 5.84. The van der Waals surface area contributed by atoms with Gasteiger partial charge in [-0.3, -0.25) is 18.4 Å². The van der Waals surface area contributed by atoms with Crippen LogP contribution in [0, 0.1) is 0 Å². The number of nitrogens with zero attached hydrogens (tertiary/aromatic N) is 1. The van der Waals surface area contributed by atoms with E-state index in [0.29, 0.717) is 13.1 Å². The molecule has 0 bridgehead atoms. The third-order valence-electron chi connectivity index (χ3n) is 2.04. The first-order valence-corrected chi connectivity index (χ1v) is 7.30. The van der Waals surface area contributed by atoms with Gasteiger partial charge in [-0.25, -0.2) is 4.57 Å². The zero-order valence-corrected chi connectivity index (χ0v) is 11.9. The van der Waals surface area contributed by atoms with E-state index >= 15 is 0 Å². The first kappa shape index (κ1) is 16.6. The SMILES string of the molecule is CCOP(=O)(OCC)OCC(=O)N(CC)CC. The van der Waals surface area contributed by atoms with Gasteiger partial charge in [0.05, 0.1) is 13.2 Å². The third kappa shape index (κ3) is 6.17. The molecule has 17 heavy (non-hydrogen) atoms. The molecular formula is C10H22NO5P. The monoisotopic (exact) mass is 267 g/mol. The predicted octanol–water partition coefficient (Wildman–Crippen LogP) is 2.05. The van der Waals surface area contributed by atoms with Crippen LogP contribution in [0.25, 0.3) is 0 Å². The lowest BCUT2D eigenvalue weighted by atomic mass is 10.5. The molecular weight excluding hydrogens is 245 g/mol. The normalized spacial score (nSPS) is 11.5. The summed E-state index contributed by atoms with van der Waals surface area (Å²) in [5.74, 6) is -0.227. The van der Waals surface area contributed by atoms with Crippen LogP contribution in [-0.2, 0) is 22.9 Å². The van der Waals surface area contributed by atoms with Crippen molar-refractivity contribution in [1.29, 1.82) is 0 Å². The Bertz CT molecular complexity index is 257. The van der Waals surface area contributed by atoms with E-state index in [9.17, 15) is 9.36 Å². The summed E-state index contributed by atoms with van der Waals surface area (Å²) in [6.45, 7) is 8.39. The minimum absolute atomic E-state index is 0.205. The van der Waals surface area contributed by atoms with Crippen LogP contribution in [0.15, 0.2) is 0 Å². The van der Waals surface area contributed by atoms with Crippen molar-refractivity contribution < 1.29 is 22.9 Å². The molecule has 0 heterocycles. The van der Waals surface area contributed by atoms with Crippen molar-refractivity contribution in [2.45, 2.75) is 27.7 Å². The molecule has 0 rings (SSSR count). The van der Waals surface area contributed by atoms with E-state index in [4.69, 9.17) is 13.6 Å². The van der Waals surface area contributed by atoms with Gasteiger partial charge in [-0.1, -0.05) is 0 Å². The van der Waals surface area contributed by atoms with Gasteiger partial charge >= 0.3 is 7.82 Å². The molecule has 0 aliphatic rings. The second-order valence-corrected chi connectivity index (χ2v) is 4.79. The van der Waals surface area contributed by atoms with Gasteiger partial charge in [0.2, 0.25) is 5.91 Å². The Kier molecular flexibility index (Phi) is 8.43. The van der Waals surface area contributed by atoms with Crippen LogP contribution in [0.5, 0.6) is 0 Å². The standard InChI is InChI=1S/C10H22NO5P/c1-5-11(6-2)10(12)9-16-17(13,14-7-3)15-8-4/h5-9H2,1-4H3. The molecule has 0 saturated heterocycles. The molecule has 0 aliphatic carbocycles. The van der Waals surface area contributed by atoms with E-state index in [1.165, 1.54) is 0 Å². The molecule has 0 unspecified atom stereocenters. The maximum absolute atomic E-state index is 11.9. The first-order chi connectivity index (χ1) is 8.02. The van der Waals surface area contributed by atoms with Crippen molar-refractivity contribution in [3.63, 3.8) is 0 Å². The Labute approximate surface area is 103 Å². The fourth-order valence-corrected chi connectivity index (χ4v) is 2.35. The Morgan fingerprint density at radius 1 is 1.00 bits per heavy atom. The summed E-state index contributed by atoms with van der Waals surface area (Å²) in [6, 6.07) is 0. The van der Waals surface area contributed by atoms with Crippen molar-refractivity contribution in [3.8, 4) is 0 Å². The molecule has 0 N–H and O–H groups in total. The van der Waals surface area contributed by atoms with Crippen molar-refractivity contribution in [3.05, 3.63) is 0 Å².